The SMILES string of the molecule is CN(C)C[C@]12CN(c3ccnc(C(=O)O)c3)C[C@H]1CN(S(=O)(=O)CC1CC1)C2. The van der Waals surface area contributed by atoms with E-state index in [4.69, 9.17) is 0 Å². The van der Waals surface area contributed by atoms with Crippen molar-refractivity contribution in [2.75, 3.05) is 57.5 Å². The number of carbonyl (C=O) groups is 1. The minimum Gasteiger partial charge on any atom is -0.477 e. The number of rotatable bonds is 7. The second kappa shape index (κ2) is 6.96. The molecule has 3 aliphatic rings. The number of carboxylic acids is 1. The van der Waals surface area contributed by atoms with Crippen LogP contribution in [0.15, 0.2) is 18.3 Å². The van der Waals surface area contributed by atoms with Gasteiger partial charge in [0, 0.05) is 50.0 Å². The van der Waals surface area contributed by atoms with E-state index in [0.29, 0.717) is 25.6 Å². The Hall–Kier alpha value is -1.71. The molecular formula is C19H28N4O4S. The Morgan fingerprint density at radius 3 is 2.71 bits per heavy atom. The fourth-order valence-electron chi connectivity index (χ4n) is 4.81. The van der Waals surface area contributed by atoms with Crippen molar-refractivity contribution < 1.29 is 18.3 Å². The molecule has 154 valence electrons. The van der Waals surface area contributed by atoms with Gasteiger partial charge in [0.05, 0.1) is 5.75 Å². The lowest BCUT2D eigenvalue weighted by molar-refractivity contribution is 0.0690. The number of pyridine rings is 1. The lowest BCUT2D eigenvalue weighted by atomic mass is 9.80. The number of nitrogens with zero attached hydrogens (tertiary/aromatic N) is 4. The lowest BCUT2D eigenvalue weighted by Crippen LogP contribution is -2.43. The van der Waals surface area contributed by atoms with Crippen LogP contribution in [0.2, 0.25) is 0 Å². The fourth-order valence-corrected chi connectivity index (χ4v) is 6.81. The molecule has 2 atom stereocenters. The normalized spacial score (nSPS) is 28.1. The minimum absolute atomic E-state index is 0.0323. The van der Waals surface area contributed by atoms with E-state index in [0.717, 1.165) is 31.6 Å². The van der Waals surface area contributed by atoms with Gasteiger partial charge >= 0.3 is 5.97 Å². The van der Waals surface area contributed by atoms with Crippen molar-refractivity contribution in [3.05, 3.63) is 24.0 Å². The molecule has 0 radical (unpaired) electrons. The number of hydrogen-bond acceptors (Lipinski definition) is 6. The molecule has 2 aliphatic heterocycles. The van der Waals surface area contributed by atoms with Crippen molar-refractivity contribution in [2.24, 2.45) is 17.3 Å². The molecule has 1 aromatic rings. The van der Waals surface area contributed by atoms with Crippen LogP contribution in [0.1, 0.15) is 23.3 Å². The summed E-state index contributed by atoms with van der Waals surface area (Å²) < 4.78 is 27.4. The molecule has 28 heavy (non-hydrogen) atoms. The Bertz CT molecular complexity index is 870. The smallest absolute Gasteiger partial charge is 0.354 e. The maximum Gasteiger partial charge on any atom is 0.354 e. The summed E-state index contributed by atoms with van der Waals surface area (Å²) in [4.78, 5) is 19.5. The van der Waals surface area contributed by atoms with Crippen LogP contribution in [0, 0.1) is 17.3 Å². The lowest BCUT2D eigenvalue weighted by Gasteiger charge is -2.32. The van der Waals surface area contributed by atoms with E-state index in [1.165, 1.54) is 6.20 Å². The van der Waals surface area contributed by atoms with Crippen molar-refractivity contribution in [1.82, 2.24) is 14.2 Å². The minimum atomic E-state index is -3.20. The zero-order chi connectivity index (χ0) is 20.1. The van der Waals surface area contributed by atoms with E-state index < -0.39 is 16.0 Å². The van der Waals surface area contributed by atoms with E-state index in [2.05, 4.69) is 14.8 Å². The number of anilines is 1. The monoisotopic (exact) mass is 408 g/mol. The third kappa shape index (κ3) is 3.75. The Morgan fingerprint density at radius 2 is 2.07 bits per heavy atom. The zero-order valence-electron chi connectivity index (χ0n) is 16.4. The molecule has 1 aliphatic carbocycles. The van der Waals surface area contributed by atoms with Gasteiger partial charge < -0.3 is 14.9 Å². The van der Waals surface area contributed by atoms with Crippen molar-refractivity contribution >= 4 is 21.7 Å². The summed E-state index contributed by atoms with van der Waals surface area (Å²) >= 11 is 0. The third-order valence-electron chi connectivity index (χ3n) is 6.22. The van der Waals surface area contributed by atoms with E-state index in [1.54, 1.807) is 10.4 Å². The van der Waals surface area contributed by atoms with Crippen LogP contribution in [-0.2, 0) is 10.0 Å². The highest BCUT2D eigenvalue weighted by Crippen LogP contribution is 2.46. The molecular weight excluding hydrogens is 380 g/mol. The van der Waals surface area contributed by atoms with Crippen LogP contribution < -0.4 is 4.90 Å². The summed E-state index contributed by atoms with van der Waals surface area (Å²) in [5, 5.41) is 9.22. The van der Waals surface area contributed by atoms with Gasteiger partial charge in [0.15, 0.2) is 0 Å². The molecule has 3 fully saturated rings. The van der Waals surface area contributed by atoms with Gasteiger partial charge in [-0.15, -0.1) is 0 Å². The van der Waals surface area contributed by atoms with Gasteiger partial charge in [0.25, 0.3) is 0 Å². The molecule has 0 spiro atoms. The highest BCUT2D eigenvalue weighted by molar-refractivity contribution is 7.89. The molecule has 0 bridgehead atoms. The number of carboxylic acid groups (broad SMARTS) is 1. The number of aromatic nitrogens is 1. The van der Waals surface area contributed by atoms with Gasteiger partial charge in [0.1, 0.15) is 5.69 Å². The van der Waals surface area contributed by atoms with Crippen molar-refractivity contribution in [3.8, 4) is 0 Å². The number of fused-ring (bicyclic) bond motifs is 1. The summed E-state index contributed by atoms with van der Waals surface area (Å²) in [7, 11) is 0.833. The van der Waals surface area contributed by atoms with Crippen LogP contribution in [0.4, 0.5) is 5.69 Å². The van der Waals surface area contributed by atoms with Gasteiger partial charge in [-0.1, -0.05) is 0 Å². The average Bonchev–Trinajstić information content (AvgIpc) is 3.23. The van der Waals surface area contributed by atoms with Crippen LogP contribution in [0.3, 0.4) is 0 Å². The first-order valence-corrected chi connectivity index (χ1v) is 11.4. The Morgan fingerprint density at radius 1 is 1.32 bits per heavy atom. The second-order valence-electron chi connectivity index (χ2n) is 8.90. The first kappa shape index (κ1) is 19.6. The molecule has 2 saturated heterocycles. The highest BCUT2D eigenvalue weighted by Gasteiger charge is 2.55. The predicted molar refractivity (Wildman–Crippen MR) is 106 cm³/mol. The fraction of sp³-hybridized carbons (Fsp3) is 0.684. The zero-order valence-corrected chi connectivity index (χ0v) is 17.2. The van der Waals surface area contributed by atoms with E-state index in [-0.39, 0.29) is 22.8 Å². The molecule has 1 saturated carbocycles. The molecule has 4 rings (SSSR count). The molecule has 3 heterocycles. The Kier molecular flexibility index (Phi) is 4.87. The number of hydrogen-bond donors (Lipinski definition) is 1. The molecule has 0 aromatic carbocycles. The first-order chi connectivity index (χ1) is 13.2. The summed E-state index contributed by atoms with van der Waals surface area (Å²) in [6.07, 6.45) is 3.58. The molecule has 0 amide bonds. The molecule has 8 nitrogen and oxygen atoms in total. The van der Waals surface area contributed by atoms with Crippen LogP contribution >= 0.6 is 0 Å². The van der Waals surface area contributed by atoms with E-state index >= 15 is 0 Å². The van der Waals surface area contributed by atoms with E-state index in [1.807, 2.05) is 20.2 Å². The van der Waals surface area contributed by atoms with Crippen LogP contribution in [0.5, 0.6) is 0 Å². The Balaban J connectivity index is 1.56. The summed E-state index contributed by atoms with van der Waals surface area (Å²) in [5.74, 6) is -0.182. The first-order valence-electron chi connectivity index (χ1n) is 9.75. The molecule has 9 heteroatoms. The van der Waals surface area contributed by atoms with Gasteiger partial charge in [-0.3, -0.25) is 0 Å². The second-order valence-corrected chi connectivity index (χ2v) is 10.9. The molecule has 1 N–H and O–H groups in total. The standard InChI is InChI=1S/C19H28N4O4S/c1-21(2)11-19-12-22(16-5-6-20-17(7-16)18(24)25)8-15(19)9-23(13-19)28(26,27)10-14-3-4-14/h5-7,14-15H,3-4,8-13H2,1-2H3,(H,24,25)/t15-,19+/m0/s1. The third-order valence-corrected chi connectivity index (χ3v) is 8.18. The number of sulfonamides is 1. The van der Waals surface area contributed by atoms with E-state index in [9.17, 15) is 18.3 Å². The van der Waals surface area contributed by atoms with Crippen LogP contribution in [-0.4, -0.2) is 86.3 Å². The van der Waals surface area contributed by atoms with Crippen molar-refractivity contribution in [3.63, 3.8) is 0 Å². The summed E-state index contributed by atoms with van der Waals surface area (Å²) in [5.41, 5.74) is 0.726. The topological polar surface area (TPSA) is 94.1 Å². The van der Waals surface area contributed by atoms with Gasteiger partial charge in [-0.05, 0) is 50.9 Å². The largest absolute Gasteiger partial charge is 0.477 e. The average molecular weight is 409 g/mol. The van der Waals surface area contributed by atoms with Crippen molar-refractivity contribution in [2.45, 2.75) is 12.8 Å². The van der Waals surface area contributed by atoms with Gasteiger partial charge in [0.2, 0.25) is 10.0 Å². The Labute approximate surface area is 166 Å². The van der Waals surface area contributed by atoms with Gasteiger partial charge in [-0.2, -0.15) is 0 Å². The van der Waals surface area contributed by atoms with Crippen LogP contribution in [0.25, 0.3) is 0 Å². The maximum absolute atomic E-state index is 12.8. The summed E-state index contributed by atoms with van der Waals surface area (Å²) in [6.45, 7) is 3.34. The molecule has 1 aromatic heterocycles. The number of aromatic carboxylic acids is 1. The van der Waals surface area contributed by atoms with Crippen molar-refractivity contribution in [1.29, 1.82) is 0 Å². The molecule has 0 unspecified atom stereocenters. The van der Waals surface area contributed by atoms with Gasteiger partial charge in [-0.25, -0.2) is 22.5 Å². The summed E-state index contributed by atoms with van der Waals surface area (Å²) in [6, 6.07) is 3.44. The highest BCUT2D eigenvalue weighted by atomic mass is 32.2. The maximum atomic E-state index is 12.8. The quantitative estimate of drug-likeness (QED) is 0.714. The predicted octanol–water partition coefficient (Wildman–Crippen LogP) is 0.819.